The summed E-state index contributed by atoms with van der Waals surface area (Å²) in [6.07, 6.45) is 9.16. The van der Waals surface area contributed by atoms with Gasteiger partial charge in [0.15, 0.2) is 0 Å². The van der Waals surface area contributed by atoms with Crippen LogP contribution >= 0.6 is 23.2 Å². The van der Waals surface area contributed by atoms with E-state index in [1.807, 2.05) is 48.6 Å². The van der Waals surface area contributed by atoms with Gasteiger partial charge in [-0.25, -0.2) is 0 Å². The molecule has 0 saturated heterocycles. The molecule has 0 fully saturated rings. The third-order valence-corrected chi connectivity index (χ3v) is 6.93. The fourth-order valence-corrected chi connectivity index (χ4v) is 5.13. The smallest absolute Gasteiger partial charge is 0.126 e. The first-order chi connectivity index (χ1) is 14.4. The molecule has 2 aromatic carbocycles. The number of alkyl halides is 2. The SMILES string of the molecule is COc1ccc(OC)c2c1C=CC2(Cl)CCC1(Cl)C=Cc2c(OC)ccc(OC)c21.[Hf]. The molecule has 2 aliphatic carbocycles. The van der Waals surface area contributed by atoms with Crippen molar-refractivity contribution in [3.8, 4) is 23.0 Å². The summed E-state index contributed by atoms with van der Waals surface area (Å²) >= 11 is 14.3. The maximum atomic E-state index is 7.15. The number of allylic oxidation sites excluding steroid dienone is 2. The molecule has 2 aromatic rings. The first-order valence-corrected chi connectivity index (χ1v) is 10.4. The van der Waals surface area contributed by atoms with Gasteiger partial charge < -0.3 is 18.9 Å². The summed E-state index contributed by atoms with van der Waals surface area (Å²) in [7, 11) is 6.59. The number of rotatable bonds is 7. The van der Waals surface area contributed by atoms with E-state index in [-0.39, 0.29) is 25.8 Å². The van der Waals surface area contributed by atoms with E-state index in [9.17, 15) is 0 Å². The van der Waals surface area contributed by atoms with Crippen molar-refractivity contribution in [2.45, 2.75) is 22.6 Å². The molecule has 0 spiro atoms. The second-order valence-corrected chi connectivity index (χ2v) is 8.76. The van der Waals surface area contributed by atoms with Gasteiger partial charge in [-0.05, 0) is 37.1 Å². The van der Waals surface area contributed by atoms with E-state index in [1.165, 1.54) is 0 Å². The zero-order valence-corrected chi connectivity index (χ0v) is 23.0. The molecule has 0 aromatic heterocycles. The van der Waals surface area contributed by atoms with Gasteiger partial charge in [-0.3, -0.25) is 0 Å². The van der Waals surface area contributed by atoms with Crippen LogP contribution in [-0.4, -0.2) is 28.4 Å². The van der Waals surface area contributed by atoms with Crippen LogP contribution in [0.3, 0.4) is 0 Å². The zero-order chi connectivity index (χ0) is 21.5. The maximum Gasteiger partial charge on any atom is 0.126 e. The average Bonchev–Trinajstić information content (AvgIpc) is 3.31. The molecule has 4 nitrogen and oxygen atoms in total. The molecule has 2 aliphatic rings. The third-order valence-electron chi connectivity index (χ3n) is 5.93. The van der Waals surface area contributed by atoms with E-state index in [4.69, 9.17) is 42.1 Å². The summed E-state index contributed by atoms with van der Waals surface area (Å²) in [5.41, 5.74) is 3.70. The van der Waals surface area contributed by atoms with Gasteiger partial charge >= 0.3 is 0 Å². The molecule has 0 amide bonds. The van der Waals surface area contributed by atoms with E-state index in [0.717, 1.165) is 45.3 Å². The van der Waals surface area contributed by atoms with E-state index in [2.05, 4.69) is 0 Å². The van der Waals surface area contributed by atoms with Gasteiger partial charge in [-0.2, -0.15) is 0 Å². The van der Waals surface area contributed by atoms with Gasteiger partial charge in [0.25, 0.3) is 0 Å². The minimum atomic E-state index is -0.750. The van der Waals surface area contributed by atoms with Crippen molar-refractivity contribution < 1.29 is 44.8 Å². The summed E-state index contributed by atoms with van der Waals surface area (Å²) in [5, 5.41) is 0. The predicted octanol–water partition coefficient (Wildman–Crippen LogP) is 6.12. The van der Waals surface area contributed by atoms with Crippen LogP contribution in [0, 0.1) is 0 Å². The van der Waals surface area contributed by atoms with Gasteiger partial charge in [-0.1, -0.05) is 24.3 Å². The zero-order valence-electron chi connectivity index (χ0n) is 17.9. The van der Waals surface area contributed by atoms with Crippen LogP contribution < -0.4 is 18.9 Å². The van der Waals surface area contributed by atoms with E-state index < -0.39 is 9.75 Å². The molecule has 0 heterocycles. The first-order valence-electron chi connectivity index (χ1n) is 9.68. The average molecular weight is 626 g/mol. The minimum absolute atomic E-state index is 0. The van der Waals surface area contributed by atoms with Gasteiger partial charge in [0.1, 0.15) is 23.0 Å². The topological polar surface area (TPSA) is 36.9 Å². The van der Waals surface area contributed by atoms with Crippen molar-refractivity contribution in [1.82, 2.24) is 0 Å². The number of halogens is 2. The van der Waals surface area contributed by atoms with Crippen molar-refractivity contribution in [2.75, 3.05) is 28.4 Å². The molecule has 0 bridgehead atoms. The number of hydrogen-bond donors (Lipinski definition) is 0. The van der Waals surface area contributed by atoms with Crippen LogP contribution in [0.4, 0.5) is 0 Å². The van der Waals surface area contributed by atoms with Crippen LogP contribution in [0.1, 0.15) is 35.1 Å². The van der Waals surface area contributed by atoms with Crippen molar-refractivity contribution in [3.05, 3.63) is 58.7 Å². The summed E-state index contributed by atoms with van der Waals surface area (Å²) in [6, 6.07) is 7.55. The van der Waals surface area contributed by atoms with Crippen LogP contribution in [0.25, 0.3) is 12.2 Å². The summed E-state index contributed by atoms with van der Waals surface area (Å²) in [6.45, 7) is 0. The summed E-state index contributed by atoms with van der Waals surface area (Å²) in [4.78, 5) is -1.50. The molecular formula is C24H24Cl2HfO4. The second kappa shape index (κ2) is 9.21. The largest absolute Gasteiger partial charge is 0.496 e. The van der Waals surface area contributed by atoms with Gasteiger partial charge in [-0.15, -0.1) is 23.2 Å². The predicted molar refractivity (Wildman–Crippen MR) is 121 cm³/mol. The standard InChI is InChI=1S/C24H24Cl2O4.Hf/c1-27-17-5-7-19(29-3)21-15(17)9-11-23(21,25)13-14-24(26)12-10-16-18(28-2)6-8-20(30-4)22(16)24;/h5-12H,13-14H2,1-4H3;. The molecule has 0 saturated carbocycles. The number of hydrogen-bond acceptors (Lipinski definition) is 4. The Hall–Kier alpha value is -1.43. The molecular weight excluding hydrogens is 602 g/mol. The van der Waals surface area contributed by atoms with Crippen LogP contribution in [0.5, 0.6) is 23.0 Å². The first kappa shape index (κ1) is 24.2. The Morgan fingerprint density at radius 1 is 0.613 bits per heavy atom. The molecule has 2 atom stereocenters. The molecule has 2 unspecified atom stereocenters. The van der Waals surface area contributed by atoms with E-state index >= 15 is 0 Å². The molecule has 31 heavy (non-hydrogen) atoms. The van der Waals surface area contributed by atoms with Gasteiger partial charge in [0, 0.05) is 48.1 Å². The van der Waals surface area contributed by atoms with Gasteiger partial charge in [0.05, 0.1) is 38.2 Å². The number of fused-ring (bicyclic) bond motifs is 2. The maximum absolute atomic E-state index is 7.15. The number of methoxy groups -OCH3 is 4. The number of benzene rings is 2. The molecule has 0 aliphatic heterocycles. The van der Waals surface area contributed by atoms with Gasteiger partial charge in [0.2, 0.25) is 0 Å². The Morgan fingerprint density at radius 2 is 0.935 bits per heavy atom. The molecule has 7 heteroatoms. The van der Waals surface area contributed by atoms with Crippen molar-refractivity contribution in [1.29, 1.82) is 0 Å². The minimum Gasteiger partial charge on any atom is -0.496 e. The van der Waals surface area contributed by atoms with Crippen LogP contribution in [0.15, 0.2) is 36.4 Å². The van der Waals surface area contributed by atoms with Crippen molar-refractivity contribution >= 4 is 35.4 Å². The van der Waals surface area contributed by atoms with Crippen LogP contribution in [-0.2, 0) is 35.6 Å². The fraction of sp³-hybridized carbons (Fsp3) is 0.333. The molecule has 4 rings (SSSR count). The Labute approximate surface area is 211 Å². The van der Waals surface area contributed by atoms with Crippen LogP contribution in [0.2, 0.25) is 0 Å². The quantitative estimate of drug-likeness (QED) is 0.275. The fourth-order valence-electron chi connectivity index (χ4n) is 4.42. The van der Waals surface area contributed by atoms with E-state index in [0.29, 0.717) is 12.8 Å². The Bertz CT molecular complexity index is 969. The third kappa shape index (κ3) is 3.94. The Balaban J connectivity index is 0.00000272. The number of ether oxygens (including phenoxy) is 4. The second-order valence-electron chi connectivity index (χ2n) is 7.41. The van der Waals surface area contributed by atoms with E-state index in [1.54, 1.807) is 28.4 Å². The monoisotopic (exact) mass is 626 g/mol. The summed E-state index contributed by atoms with van der Waals surface area (Å²) < 4.78 is 22.3. The Morgan fingerprint density at radius 3 is 1.26 bits per heavy atom. The Kier molecular flexibility index (Phi) is 7.19. The van der Waals surface area contributed by atoms with Crippen molar-refractivity contribution in [2.24, 2.45) is 0 Å². The van der Waals surface area contributed by atoms with Crippen molar-refractivity contribution in [3.63, 3.8) is 0 Å². The molecule has 0 radical (unpaired) electrons. The normalized spacial score (nSPS) is 22.5. The molecule has 162 valence electrons. The summed E-state index contributed by atoms with van der Waals surface area (Å²) in [5.74, 6) is 3.00. The molecule has 0 N–H and O–H groups in total.